The van der Waals surface area contributed by atoms with Gasteiger partial charge in [-0.3, -0.25) is 4.31 Å². The summed E-state index contributed by atoms with van der Waals surface area (Å²) >= 11 is 0. The van der Waals surface area contributed by atoms with Gasteiger partial charge in [0.1, 0.15) is 0 Å². The highest BCUT2D eigenvalue weighted by atomic mass is 32.2. The molecule has 1 atom stereocenters. The van der Waals surface area contributed by atoms with Gasteiger partial charge in [0, 0.05) is 7.05 Å². The maximum absolute atomic E-state index is 13.0. The molecule has 1 heterocycles. The van der Waals surface area contributed by atoms with Crippen molar-refractivity contribution in [3.8, 4) is 0 Å². The second kappa shape index (κ2) is 7.20. The molecular weight excluding hydrogens is 320 g/mol. The predicted molar refractivity (Wildman–Crippen MR) is 101 cm³/mol. The number of benzene rings is 2. The first-order valence-corrected chi connectivity index (χ1v) is 9.46. The molecule has 2 aromatic carbocycles. The summed E-state index contributed by atoms with van der Waals surface area (Å²) in [5.41, 5.74) is 3.18. The van der Waals surface area contributed by atoms with Crippen molar-refractivity contribution in [3.05, 3.63) is 65.7 Å². The van der Waals surface area contributed by atoms with Crippen LogP contribution in [0.4, 0.5) is 5.69 Å². The first kappa shape index (κ1) is 18.2. The monoisotopic (exact) mass is 344 g/mol. The first-order chi connectivity index (χ1) is 11.5. The standard InChI is InChI=1S/C17H18N2O2S.C2H6/c1-4-12-9-10-14-16(11-12)22(20,21)19(3)15-8-6-5-7-13(15)17(14)18-2;1-2/h4-11,17-18H,1H2,2-3H3;1-2H3. The number of anilines is 1. The Hall–Kier alpha value is -2.11. The molecule has 1 aliphatic rings. The third kappa shape index (κ3) is 2.85. The molecule has 1 N–H and O–H groups in total. The normalized spacial score (nSPS) is 17.7. The average Bonchev–Trinajstić information content (AvgIpc) is 2.69. The van der Waals surface area contributed by atoms with Crippen LogP contribution < -0.4 is 9.62 Å². The van der Waals surface area contributed by atoms with Crippen molar-refractivity contribution >= 4 is 21.8 Å². The van der Waals surface area contributed by atoms with Gasteiger partial charge in [-0.1, -0.05) is 56.8 Å². The molecule has 0 amide bonds. The molecule has 24 heavy (non-hydrogen) atoms. The van der Waals surface area contributed by atoms with E-state index >= 15 is 0 Å². The molecule has 0 saturated heterocycles. The fourth-order valence-electron chi connectivity index (χ4n) is 2.91. The zero-order chi connectivity index (χ0) is 17.9. The van der Waals surface area contributed by atoms with Crippen molar-refractivity contribution in [2.75, 3.05) is 18.4 Å². The highest BCUT2D eigenvalue weighted by Gasteiger charge is 2.34. The Kier molecular flexibility index (Phi) is 5.47. The quantitative estimate of drug-likeness (QED) is 0.901. The fourth-order valence-corrected chi connectivity index (χ4v) is 4.40. The Morgan fingerprint density at radius 1 is 1.12 bits per heavy atom. The van der Waals surface area contributed by atoms with Crippen LogP contribution in [0.1, 0.15) is 36.6 Å². The largest absolute Gasteiger partial charge is 0.309 e. The lowest BCUT2D eigenvalue weighted by Gasteiger charge is -2.20. The zero-order valence-electron chi connectivity index (χ0n) is 14.6. The molecule has 4 nitrogen and oxygen atoms in total. The number of sulfonamides is 1. The summed E-state index contributed by atoms with van der Waals surface area (Å²) in [6, 6.07) is 12.8. The summed E-state index contributed by atoms with van der Waals surface area (Å²) in [5.74, 6) is 0. The van der Waals surface area contributed by atoms with Gasteiger partial charge >= 0.3 is 0 Å². The molecule has 128 valence electrons. The van der Waals surface area contributed by atoms with E-state index in [0.717, 1.165) is 16.7 Å². The van der Waals surface area contributed by atoms with Gasteiger partial charge in [0.05, 0.1) is 16.6 Å². The van der Waals surface area contributed by atoms with Gasteiger partial charge in [0.25, 0.3) is 10.0 Å². The average molecular weight is 344 g/mol. The second-order valence-electron chi connectivity index (χ2n) is 5.25. The van der Waals surface area contributed by atoms with E-state index in [1.54, 1.807) is 19.2 Å². The second-order valence-corrected chi connectivity index (χ2v) is 7.19. The first-order valence-electron chi connectivity index (χ1n) is 8.02. The summed E-state index contributed by atoms with van der Waals surface area (Å²) in [6.07, 6.45) is 1.65. The van der Waals surface area contributed by atoms with Gasteiger partial charge in [-0.25, -0.2) is 8.42 Å². The van der Waals surface area contributed by atoms with Crippen LogP contribution in [-0.4, -0.2) is 22.5 Å². The molecule has 0 fully saturated rings. The maximum atomic E-state index is 13.0. The van der Waals surface area contributed by atoms with Crippen molar-refractivity contribution < 1.29 is 8.42 Å². The van der Waals surface area contributed by atoms with E-state index in [4.69, 9.17) is 0 Å². The Balaban J connectivity index is 0.00000100. The smallest absolute Gasteiger partial charge is 0.264 e. The molecule has 1 aliphatic heterocycles. The van der Waals surface area contributed by atoms with Crippen LogP contribution in [0.3, 0.4) is 0 Å². The van der Waals surface area contributed by atoms with Crippen molar-refractivity contribution in [3.63, 3.8) is 0 Å². The van der Waals surface area contributed by atoms with E-state index in [1.165, 1.54) is 4.31 Å². The number of nitrogens with zero attached hydrogens (tertiary/aromatic N) is 1. The van der Waals surface area contributed by atoms with Crippen LogP contribution in [0.25, 0.3) is 6.08 Å². The number of para-hydroxylation sites is 1. The fraction of sp³-hybridized carbons (Fsp3) is 0.263. The molecule has 1 unspecified atom stereocenters. The van der Waals surface area contributed by atoms with Crippen molar-refractivity contribution in [1.82, 2.24) is 5.32 Å². The molecule has 0 saturated carbocycles. The molecule has 2 aromatic rings. The summed E-state index contributed by atoms with van der Waals surface area (Å²) in [4.78, 5) is 0.322. The van der Waals surface area contributed by atoms with Crippen LogP contribution in [0.2, 0.25) is 0 Å². The highest BCUT2D eigenvalue weighted by Crippen LogP contribution is 2.40. The van der Waals surface area contributed by atoms with Crippen LogP contribution in [0.5, 0.6) is 0 Å². The number of fused-ring (bicyclic) bond motifs is 2. The molecule has 5 heteroatoms. The number of nitrogens with one attached hydrogen (secondary N) is 1. The van der Waals surface area contributed by atoms with E-state index in [1.807, 2.05) is 57.3 Å². The van der Waals surface area contributed by atoms with E-state index < -0.39 is 10.0 Å². The van der Waals surface area contributed by atoms with Crippen LogP contribution in [0, 0.1) is 0 Å². The molecule has 3 rings (SSSR count). The minimum Gasteiger partial charge on any atom is -0.309 e. The zero-order valence-corrected chi connectivity index (χ0v) is 15.4. The minimum absolute atomic E-state index is 0.176. The molecule has 0 spiro atoms. The molecule has 0 aliphatic carbocycles. The van der Waals surface area contributed by atoms with E-state index in [2.05, 4.69) is 11.9 Å². The van der Waals surface area contributed by atoms with E-state index in [-0.39, 0.29) is 6.04 Å². The minimum atomic E-state index is -3.60. The number of hydrogen-bond donors (Lipinski definition) is 1. The SMILES string of the molecule is C=Cc1ccc2c(c1)S(=O)(=O)N(C)c1ccccc1C2NC.CC. The molecule has 0 bridgehead atoms. The Bertz CT molecular complexity index is 844. The third-order valence-electron chi connectivity index (χ3n) is 4.10. The lowest BCUT2D eigenvalue weighted by molar-refractivity contribution is 0.592. The Labute approximate surface area is 144 Å². The summed E-state index contributed by atoms with van der Waals surface area (Å²) in [5, 5.41) is 3.24. The topological polar surface area (TPSA) is 49.4 Å². The third-order valence-corrected chi connectivity index (χ3v) is 5.93. The van der Waals surface area contributed by atoms with E-state index in [0.29, 0.717) is 10.6 Å². The molecular formula is C19H24N2O2S. The Morgan fingerprint density at radius 3 is 2.42 bits per heavy atom. The van der Waals surface area contributed by atoms with Crippen LogP contribution in [-0.2, 0) is 10.0 Å². The lowest BCUT2D eigenvalue weighted by Crippen LogP contribution is -2.26. The van der Waals surface area contributed by atoms with Crippen LogP contribution in [0.15, 0.2) is 53.9 Å². The lowest BCUT2D eigenvalue weighted by atomic mass is 9.96. The summed E-state index contributed by atoms with van der Waals surface area (Å²) in [6.45, 7) is 7.72. The van der Waals surface area contributed by atoms with Gasteiger partial charge < -0.3 is 5.32 Å². The summed E-state index contributed by atoms with van der Waals surface area (Å²) < 4.78 is 27.3. The predicted octanol–water partition coefficient (Wildman–Crippen LogP) is 3.80. The Morgan fingerprint density at radius 2 is 1.79 bits per heavy atom. The van der Waals surface area contributed by atoms with Crippen LogP contribution >= 0.6 is 0 Å². The number of hydrogen-bond acceptors (Lipinski definition) is 3. The van der Waals surface area contributed by atoms with Gasteiger partial charge in [-0.05, 0) is 35.9 Å². The van der Waals surface area contributed by atoms with Gasteiger partial charge in [-0.2, -0.15) is 0 Å². The summed E-state index contributed by atoms with van der Waals surface area (Å²) in [7, 11) is -0.169. The van der Waals surface area contributed by atoms with Gasteiger partial charge in [0.15, 0.2) is 0 Å². The van der Waals surface area contributed by atoms with Gasteiger partial charge in [0.2, 0.25) is 0 Å². The maximum Gasteiger partial charge on any atom is 0.264 e. The highest BCUT2D eigenvalue weighted by molar-refractivity contribution is 7.92. The van der Waals surface area contributed by atoms with Crippen molar-refractivity contribution in [2.24, 2.45) is 0 Å². The van der Waals surface area contributed by atoms with Crippen molar-refractivity contribution in [2.45, 2.75) is 24.8 Å². The number of rotatable bonds is 2. The van der Waals surface area contributed by atoms with E-state index in [9.17, 15) is 8.42 Å². The van der Waals surface area contributed by atoms with Gasteiger partial charge in [-0.15, -0.1) is 0 Å². The van der Waals surface area contributed by atoms with Crippen molar-refractivity contribution in [1.29, 1.82) is 0 Å². The molecule has 0 aromatic heterocycles. The molecule has 0 radical (unpaired) electrons.